The van der Waals surface area contributed by atoms with Crippen molar-refractivity contribution in [3.63, 3.8) is 0 Å². The van der Waals surface area contributed by atoms with Gasteiger partial charge in [0.2, 0.25) is 0 Å². The zero-order valence-corrected chi connectivity index (χ0v) is 16.3. The first-order valence-corrected chi connectivity index (χ1v) is 12.7. The Hall–Kier alpha value is -1.32. The first kappa shape index (κ1) is 17.5. The number of rotatable bonds is 6. The Kier molecular flexibility index (Phi) is 5.96. The lowest BCUT2D eigenvalue weighted by molar-refractivity contribution is 0.285. The summed E-state index contributed by atoms with van der Waals surface area (Å²) in [7, 11) is -1.48. The summed E-state index contributed by atoms with van der Waals surface area (Å²) in [6, 6.07) is 16.1. The molecule has 1 aromatic carbocycles. The number of hydrogen-bond acceptors (Lipinski definition) is 2. The van der Waals surface area contributed by atoms with E-state index in [1.54, 1.807) is 0 Å². The largest absolute Gasteiger partial charge is 0.466 e. The van der Waals surface area contributed by atoms with E-state index in [4.69, 9.17) is 4.42 Å². The predicted molar refractivity (Wildman–Crippen MR) is 106 cm³/mol. The van der Waals surface area contributed by atoms with Gasteiger partial charge >= 0.3 is 0 Å². The number of hydrogen-bond donors (Lipinski definition) is 0. The average Bonchev–Trinajstić information content (AvgIpc) is 2.96. The molecule has 1 aliphatic rings. The van der Waals surface area contributed by atoms with E-state index < -0.39 is 8.07 Å². The van der Waals surface area contributed by atoms with Gasteiger partial charge in [0.05, 0.1) is 5.38 Å². The fourth-order valence-corrected chi connectivity index (χ4v) is 5.90. The molecule has 0 bridgehead atoms. The van der Waals surface area contributed by atoms with Crippen LogP contribution in [0.15, 0.2) is 46.9 Å². The summed E-state index contributed by atoms with van der Waals surface area (Å²) in [5.74, 6) is 1.01. The molecular formula is C21H31NOSi. The van der Waals surface area contributed by atoms with Crippen LogP contribution in [0.25, 0.3) is 11.3 Å². The quantitative estimate of drug-likeness (QED) is 0.677. The molecule has 0 radical (unpaired) electrons. The van der Waals surface area contributed by atoms with Gasteiger partial charge in [-0.15, -0.1) is 0 Å². The molecule has 0 atom stereocenters. The van der Waals surface area contributed by atoms with E-state index in [9.17, 15) is 0 Å². The van der Waals surface area contributed by atoms with Gasteiger partial charge in [-0.3, -0.25) is 0 Å². The molecule has 0 saturated carbocycles. The van der Waals surface area contributed by atoms with Crippen LogP contribution in [0, 0.1) is 0 Å². The SMILES string of the molecule is C[Si](C)(CCCN1CCCCCC1)c1ccc(-c2ccccc2)o1. The van der Waals surface area contributed by atoms with Gasteiger partial charge in [0.1, 0.15) is 13.8 Å². The lowest BCUT2D eigenvalue weighted by Gasteiger charge is -2.23. The fraction of sp³-hybridized carbons (Fsp3) is 0.524. The van der Waals surface area contributed by atoms with Crippen LogP contribution in [0.1, 0.15) is 32.1 Å². The molecule has 0 unspecified atom stereocenters. The summed E-state index contributed by atoms with van der Waals surface area (Å²) in [5.41, 5.74) is 1.18. The third-order valence-electron chi connectivity index (χ3n) is 5.31. The highest BCUT2D eigenvalue weighted by atomic mass is 28.3. The minimum absolute atomic E-state index is 1.01. The molecular weight excluding hydrogens is 310 g/mol. The second-order valence-corrected chi connectivity index (χ2v) is 12.5. The van der Waals surface area contributed by atoms with Crippen LogP contribution in [0.4, 0.5) is 0 Å². The number of likely N-dealkylation sites (tertiary alicyclic amines) is 1. The molecule has 0 N–H and O–H groups in total. The molecule has 1 aliphatic heterocycles. The molecule has 130 valence electrons. The number of benzene rings is 1. The molecule has 1 aromatic heterocycles. The smallest absolute Gasteiger partial charge is 0.133 e. The van der Waals surface area contributed by atoms with Crippen LogP contribution in [0.5, 0.6) is 0 Å². The van der Waals surface area contributed by atoms with Crippen LogP contribution in [0.3, 0.4) is 0 Å². The van der Waals surface area contributed by atoms with E-state index in [-0.39, 0.29) is 0 Å². The van der Waals surface area contributed by atoms with E-state index >= 15 is 0 Å². The van der Waals surface area contributed by atoms with Gasteiger partial charge in [-0.05, 0) is 57.1 Å². The van der Waals surface area contributed by atoms with Crippen molar-refractivity contribution < 1.29 is 4.42 Å². The number of furan rings is 1. The maximum absolute atomic E-state index is 6.25. The Morgan fingerprint density at radius 2 is 1.62 bits per heavy atom. The fourth-order valence-electron chi connectivity index (χ4n) is 3.69. The molecule has 2 aromatic rings. The topological polar surface area (TPSA) is 16.4 Å². The van der Waals surface area contributed by atoms with Gasteiger partial charge in [0, 0.05) is 5.56 Å². The lowest BCUT2D eigenvalue weighted by Crippen LogP contribution is -2.41. The van der Waals surface area contributed by atoms with Crippen molar-refractivity contribution in [1.82, 2.24) is 4.90 Å². The Labute approximate surface area is 147 Å². The molecule has 24 heavy (non-hydrogen) atoms. The van der Waals surface area contributed by atoms with Crippen LogP contribution < -0.4 is 5.38 Å². The van der Waals surface area contributed by atoms with E-state index in [1.807, 2.05) is 0 Å². The van der Waals surface area contributed by atoms with Gasteiger partial charge in [-0.25, -0.2) is 0 Å². The Morgan fingerprint density at radius 3 is 2.33 bits per heavy atom. The summed E-state index contributed by atoms with van der Waals surface area (Å²) in [4.78, 5) is 2.68. The first-order valence-electron chi connectivity index (χ1n) is 9.53. The summed E-state index contributed by atoms with van der Waals surface area (Å²) in [5, 5.41) is 1.25. The van der Waals surface area contributed by atoms with Gasteiger partial charge in [0.15, 0.2) is 0 Å². The maximum Gasteiger partial charge on any atom is 0.133 e. The molecule has 1 fully saturated rings. The van der Waals surface area contributed by atoms with Crippen molar-refractivity contribution in [2.24, 2.45) is 0 Å². The summed E-state index contributed by atoms with van der Waals surface area (Å²) >= 11 is 0. The molecule has 2 heterocycles. The Bertz CT molecular complexity index is 612. The molecule has 0 aliphatic carbocycles. The average molecular weight is 342 g/mol. The highest BCUT2D eigenvalue weighted by Gasteiger charge is 2.27. The Morgan fingerprint density at radius 1 is 0.917 bits per heavy atom. The van der Waals surface area contributed by atoms with E-state index in [0.717, 1.165) is 5.76 Å². The van der Waals surface area contributed by atoms with Gasteiger partial charge in [-0.1, -0.05) is 56.3 Å². The van der Waals surface area contributed by atoms with Crippen LogP contribution >= 0.6 is 0 Å². The molecule has 1 saturated heterocycles. The summed E-state index contributed by atoms with van der Waals surface area (Å²) in [6.07, 6.45) is 6.93. The van der Waals surface area contributed by atoms with Gasteiger partial charge in [-0.2, -0.15) is 0 Å². The van der Waals surface area contributed by atoms with E-state index in [2.05, 4.69) is 60.5 Å². The standard InChI is InChI=1S/C21H31NOSi/c1-24(2,18-10-17-22-15-8-3-4-9-16-22)21-14-13-20(23-21)19-11-6-5-7-12-19/h5-7,11-14H,3-4,8-10,15-18H2,1-2H3. The summed E-state index contributed by atoms with van der Waals surface area (Å²) < 4.78 is 6.25. The van der Waals surface area contributed by atoms with Crippen LogP contribution in [-0.2, 0) is 0 Å². The zero-order chi connectivity index (χ0) is 16.8. The third kappa shape index (κ3) is 4.61. The highest BCUT2D eigenvalue weighted by Crippen LogP contribution is 2.22. The predicted octanol–water partition coefficient (Wildman–Crippen LogP) is 5.13. The van der Waals surface area contributed by atoms with Crippen molar-refractivity contribution >= 4 is 13.5 Å². The van der Waals surface area contributed by atoms with Crippen molar-refractivity contribution in [1.29, 1.82) is 0 Å². The first-order chi connectivity index (χ1) is 11.6. The maximum atomic E-state index is 6.25. The third-order valence-corrected chi connectivity index (χ3v) is 8.51. The van der Waals surface area contributed by atoms with Crippen LogP contribution in [-0.4, -0.2) is 32.6 Å². The molecule has 2 nitrogen and oxygen atoms in total. The number of nitrogens with zero attached hydrogens (tertiary/aromatic N) is 1. The van der Waals surface area contributed by atoms with Crippen molar-refractivity contribution in [2.75, 3.05) is 19.6 Å². The normalized spacial score (nSPS) is 16.9. The Balaban J connectivity index is 1.56. The molecule has 0 amide bonds. The van der Waals surface area contributed by atoms with Crippen LogP contribution in [0.2, 0.25) is 19.1 Å². The monoisotopic (exact) mass is 341 g/mol. The van der Waals surface area contributed by atoms with E-state index in [0.29, 0.717) is 0 Å². The highest BCUT2D eigenvalue weighted by molar-refractivity contribution is 6.88. The minimum Gasteiger partial charge on any atom is -0.466 e. The molecule has 3 rings (SSSR count). The van der Waals surface area contributed by atoms with Crippen molar-refractivity contribution in [3.8, 4) is 11.3 Å². The molecule has 0 spiro atoms. The second kappa shape index (κ2) is 8.17. The van der Waals surface area contributed by atoms with Gasteiger partial charge < -0.3 is 9.32 Å². The van der Waals surface area contributed by atoms with Crippen molar-refractivity contribution in [3.05, 3.63) is 42.5 Å². The zero-order valence-electron chi connectivity index (χ0n) is 15.3. The van der Waals surface area contributed by atoms with Crippen molar-refractivity contribution in [2.45, 2.75) is 51.2 Å². The lowest BCUT2D eigenvalue weighted by atomic mass is 10.2. The molecule has 3 heteroatoms. The van der Waals surface area contributed by atoms with E-state index in [1.165, 1.54) is 68.7 Å². The second-order valence-electron chi connectivity index (χ2n) is 7.77. The van der Waals surface area contributed by atoms with Gasteiger partial charge in [0.25, 0.3) is 0 Å². The minimum atomic E-state index is -1.48. The summed E-state index contributed by atoms with van der Waals surface area (Å²) in [6.45, 7) is 8.77.